The van der Waals surface area contributed by atoms with E-state index < -0.39 is 6.61 Å². The Bertz CT molecular complexity index is 583. The highest BCUT2D eigenvalue weighted by Crippen LogP contribution is 2.21. The van der Waals surface area contributed by atoms with Gasteiger partial charge in [0.25, 0.3) is 5.91 Å². The Labute approximate surface area is 138 Å². The van der Waals surface area contributed by atoms with Crippen LogP contribution < -0.4 is 15.8 Å². The summed E-state index contributed by atoms with van der Waals surface area (Å²) in [7, 11) is 0. The van der Waals surface area contributed by atoms with E-state index in [0.29, 0.717) is 39.0 Å². The van der Waals surface area contributed by atoms with Crippen LogP contribution in [-0.4, -0.2) is 49.5 Å². The number of piperidine rings is 1. The minimum Gasteiger partial charge on any atom is -0.435 e. The molecule has 132 valence electrons. The SMILES string of the molecule is NCCNC(=O)C1CCCN(C(=O)c2cccc(OC(F)F)c2)C1. The third kappa shape index (κ3) is 4.89. The molecular weight excluding hydrogens is 320 g/mol. The predicted molar refractivity (Wildman–Crippen MR) is 83.8 cm³/mol. The Morgan fingerprint density at radius 2 is 2.21 bits per heavy atom. The molecule has 6 nitrogen and oxygen atoms in total. The Kier molecular flexibility index (Phi) is 6.48. The summed E-state index contributed by atoms with van der Waals surface area (Å²) in [6.45, 7) is -1.36. The zero-order valence-corrected chi connectivity index (χ0v) is 13.2. The number of amides is 2. The molecule has 24 heavy (non-hydrogen) atoms. The van der Waals surface area contributed by atoms with Crippen molar-refractivity contribution in [2.24, 2.45) is 11.7 Å². The van der Waals surface area contributed by atoms with Crippen molar-refractivity contribution >= 4 is 11.8 Å². The average Bonchev–Trinajstić information content (AvgIpc) is 2.58. The van der Waals surface area contributed by atoms with Gasteiger partial charge in [-0.25, -0.2) is 0 Å². The number of likely N-dealkylation sites (tertiary alicyclic amines) is 1. The van der Waals surface area contributed by atoms with Crippen molar-refractivity contribution in [2.75, 3.05) is 26.2 Å². The standard InChI is InChI=1S/C16H21F2N3O3/c17-16(18)24-13-5-1-3-11(9-13)15(23)21-8-2-4-12(10-21)14(22)20-7-6-19/h1,3,5,9,12,16H,2,4,6-8,10,19H2,(H,20,22). The lowest BCUT2D eigenvalue weighted by atomic mass is 9.96. The Morgan fingerprint density at radius 1 is 1.42 bits per heavy atom. The quantitative estimate of drug-likeness (QED) is 0.815. The summed E-state index contributed by atoms with van der Waals surface area (Å²) in [6, 6.07) is 5.67. The number of rotatable bonds is 6. The van der Waals surface area contributed by atoms with Crippen LogP contribution in [0.4, 0.5) is 8.78 Å². The van der Waals surface area contributed by atoms with E-state index in [-0.39, 0.29) is 29.0 Å². The summed E-state index contributed by atoms with van der Waals surface area (Å²) < 4.78 is 28.9. The van der Waals surface area contributed by atoms with Gasteiger partial charge in [-0.2, -0.15) is 8.78 Å². The number of ether oxygens (including phenoxy) is 1. The van der Waals surface area contributed by atoms with E-state index in [4.69, 9.17) is 5.73 Å². The second-order valence-corrected chi connectivity index (χ2v) is 5.58. The van der Waals surface area contributed by atoms with E-state index in [2.05, 4.69) is 10.1 Å². The van der Waals surface area contributed by atoms with Crippen LogP contribution in [0.2, 0.25) is 0 Å². The molecule has 3 N–H and O–H groups in total. The topological polar surface area (TPSA) is 84.7 Å². The van der Waals surface area contributed by atoms with Gasteiger partial charge in [-0.1, -0.05) is 6.07 Å². The molecule has 2 amide bonds. The van der Waals surface area contributed by atoms with Gasteiger partial charge in [-0.05, 0) is 31.0 Å². The van der Waals surface area contributed by atoms with Gasteiger partial charge < -0.3 is 20.7 Å². The lowest BCUT2D eigenvalue weighted by Crippen LogP contribution is -2.46. The van der Waals surface area contributed by atoms with Crippen LogP contribution in [0.25, 0.3) is 0 Å². The van der Waals surface area contributed by atoms with Crippen molar-refractivity contribution in [3.8, 4) is 5.75 Å². The lowest BCUT2D eigenvalue weighted by molar-refractivity contribution is -0.126. The van der Waals surface area contributed by atoms with E-state index in [9.17, 15) is 18.4 Å². The van der Waals surface area contributed by atoms with E-state index in [1.807, 2.05) is 0 Å². The third-order valence-corrected chi connectivity index (χ3v) is 3.83. The smallest absolute Gasteiger partial charge is 0.387 e. The lowest BCUT2D eigenvalue weighted by Gasteiger charge is -2.32. The van der Waals surface area contributed by atoms with Crippen LogP contribution in [0.3, 0.4) is 0 Å². The minimum atomic E-state index is -2.94. The number of hydrogen-bond acceptors (Lipinski definition) is 4. The highest BCUT2D eigenvalue weighted by molar-refractivity contribution is 5.95. The molecule has 0 spiro atoms. The second-order valence-electron chi connectivity index (χ2n) is 5.58. The molecule has 8 heteroatoms. The Morgan fingerprint density at radius 3 is 2.92 bits per heavy atom. The molecule has 0 radical (unpaired) electrons. The first-order valence-corrected chi connectivity index (χ1v) is 7.83. The molecule has 1 fully saturated rings. The molecule has 0 aromatic heterocycles. The zero-order valence-electron chi connectivity index (χ0n) is 13.2. The molecule has 1 aromatic carbocycles. The van der Waals surface area contributed by atoms with E-state index in [0.717, 1.165) is 0 Å². The number of hydrogen-bond donors (Lipinski definition) is 2. The molecule has 1 saturated heterocycles. The fraction of sp³-hybridized carbons (Fsp3) is 0.500. The number of benzene rings is 1. The highest BCUT2D eigenvalue weighted by Gasteiger charge is 2.28. The summed E-state index contributed by atoms with van der Waals surface area (Å²) in [4.78, 5) is 26.1. The number of nitrogens with zero attached hydrogens (tertiary/aromatic N) is 1. The van der Waals surface area contributed by atoms with Gasteiger partial charge in [-0.15, -0.1) is 0 Å². The van der Waals surface area contributed by atoms with Crippen molar-refractivity contribution in [1.82, 2.24) is 10.2 Å². The summed E-state index contributed by atoms with van der Waals surface area (Å²) in [5.41, 5.74) is 5.62. The number of alkyl halides is 2. The molecular formula is C16H21F2N3O3. The first-order valence-electron chi connectivity index (χ1n) is 7.83. The van der Waals surface area contributed by atoms with Gasteiger partial charge >= 0.3 is 6.61 Å². The maximum atomic E-state index is 12.6. The van der Waals surface area contributed by atoms with Gasteiger partial charge in [0, 0.05) is 31.7 Å². The molecule has 0 saturated carbocycles. The van der Waals surface area contributed by atoms with Crippen LogP contribution >= 0.6 is 0 Å². The third-order valence-electron chi connectivity index (χ3n) is 3.83. The van der Waals surface area contributed by atoms with Crippen LogP contribution in [0.1, 0.15) is 23.2 Å². The molecule has 0 bridgehead atoms. The van der Waals surface area contributed by atoms with Crippen molar-refractivity contribution in [3.63, 3.8) is 0 Å². The number of nitrogens with one attached hydrogen (secondary N) is 1. The number of carbonyl (C=O) groups excluding carboxylic acids is 2. The van der Waals surface area contributed by atoms with Crippen molar-refractivity contribution in [1.29, 1.82) is 0 Å². The first-order chi connectivity index (χ1) is 11.5. The van der Waals surface area contributed by atoms with Crippen LogP contribution in [-0.2, 0) is 4.79 Å². The maximum Gasteiger partial charge on any atom is 0.387 e. The van der Waals surface area contributed by atoms with Crippen LogP contribution in [0.5, 0.6) is 5.75 Å². The normalized spacial score (nSPS) is 17.7. The van der Waals surface area contributed by atoms with Gasteiger partial charge in [-0.3, -0.25) is 9.59 Å². The average molecular weight is 341 g/mol. The molecule has 1 atom stereocenters. The largest absolute Gasteiger partial charge is 0.435 e. The van der Waals surface area contributed by atoms with E-state index >= 15 is 0 Å². The Hall–Kier alpha value is -2.22. The van der Waals surface area contributed by atoms with Gasteiger partial charge in [0.05, 0.1) is 5.92 Å². The molecule has 2 rings (SSSR count). The fourth-order valence-electron chi connectivity index (χ4n) is 2.70. The summed E-state index contributed by atoms with van der Waals surface area (Å²) in [5.74, 6) is -0.765. The predicted octanol–water partition coefficient (Wildman–Crippen LogP) is 1.22. The minimum absolute atomic E-state index is 0.0647. The van der Waals surface area contributed by atoms with Crippen molar-refractivity contribution < 1.29 is 23.1 Å². The van der Waals surface area contributed by atoms with Crippen LogP contribution in [0.15, 0.2) is 24.3 Å². The molecule has 1 aliphatic heterocycles. The first kappa shape index (κ1) is 18.1. The highest BCUT2D eigenvalue weighted by atomic mass is 19.3. The number of halogens is 2. The molecule has 0 aliphatic carbocycles. The van der Waals surface area contributed by atoms with Crippen LogP contribution in [0, 0.1) is 5.92 Å². The number of nitrogens with two attached hydrogens (primary N) is 1. The van der Waals surface area contributed by atoms with E-state index in [1.54, 1.807) is 11.0 Å². The number of carbonyl (C=O) groups is 2. The van der Waals surface area contributed by atoms with Gasteiger partial charge in [0.15, 0.2) is 0 Å². The summed E-state index contributed by atoms with van der Waals surface area (Å²) in [5, 5.41) is 2.73. The summed E-state index contributed by atoms with van der Waals surface area (Å²) in [6.07, 6.45) is 1.41. The van der Waals surface area contributed by atoms with Gasteiger partial charge in [0.2, 0.25) is 5.91 Å². The molecule has 1 aliphatic rings. The summed E-state index contributed by atoms with van der Waals surface area (Å²) >= 11 is 0. The fourth-order valence-corrected chi connectivity index (χ4v) is 2.70. The molecule has 1 aromatic rings. The Balaban J connectivity index is 2.02. The van der Waals surface area contributed by atoms with E-state index in [1.165, 1.54) is 18.2 Å². The zero-order chi connectivity index (χ0) is 17.5. The maximum absolute atomic E-state index is 12.6. The van der Waals surface area contributed by atoms with Crippen molar-refractivity contribution in [2.45, 2.75) is 19.5 Å². The van der Waals surface area contributed by atoms with Crippen molar-refractivity contribution in [3.05, 3.63) is 29.8 Å². The molecule has 1 heterocycles. The van der Waals surface area contributed by atoms with Gasteiger partial charge in [0.1, 0.15) is 5.75 Å². The second kappa shape index (κ2) is 8.58. The molecule has 1 unspecified atom stereocenters. The monoisotopic (exact) mass is 341 g/mol.